The minimum Gasteiger partial charge on any atom is -0.306 e. The third-order valence-electron chi connectivity index (χ3n) is 4.19. The van der Waals surface area contributed by atoms with Crippen molar-refractivity contribution in [2.24, 2.45) is 17.3 Å². The number of piperidine rings is 2. The molecule has 0 aromatic rings. The fourth-order valence-corrected chi connectivity index (χ4v) is 3.55. The molecule has 0 amide bonds. The maximum atomic E-state index is 2.52. The van der Waals surface area contributed by atoms with Crippen LogP contribution in [0.15, 0.2) is 0 Å². The zero-order valence-electron chi connectivity index (χ0n) is 10.1. The van der Waals surface area contributed by atoms with E-state index in [0.29, 0.717) is 5.41 Å². The van der Waals surface area contributed by atoms with Crippen molar-refractivity contribution in [1.29, 1.82) is 0 Å². The van der Waals surface area contributed by atoms with E-state index in [9.17, 15) is 0 Å². The van der Waals surface area contributed by atoms with Gasteiger partial charge in [0.1, 0.15) is 0 Å². The highest BCUT2D eigenvalue weighted by atomic mass is 15.2. The lowest BCUT2D eigenvalue weighted by Gasteiger charge is -2.52. The summed E-state index contributed by atoms with van der Waals surface area (Å²) in [5.41, 5.74) is 0.506. The second-order valence-corrected chi connectivity index (χ2v) is 6.10. The summed E-state index contributed by atoms with van der Waals surface area (Å²) in [5.74, 6) is 1.86. The monoisotopic (exact) mass is 196 g/mol. The van der Waals surface area contributed by atoms with Crippen molar-refractivity contribution in [3.8, 4) is 0 Å². The molecule has 2 saturated heterocycles. The molecule has 0 aromatic carbocycles. The Morgan fingerprint density at radius 3 is 2.50 bits per heavy atom. The lowest BCUT2D eigenvalue weighted by molar-refractivity contribution is -0.0277. The molecule has 0 saturated carbocycles. The van der Waals surface area contributed by atoms with Crippen LogP contribution in [0.1, 0.15) is 20.3 Å². The first-order valence-corrected chi connectivity index (χ1v) is 5.86. The number of fused-ring (bicyclic) bond motifs is 1. The van der Waals surface area contributed by atoms with E-state index in [0.717, 1.165) is 11.8 Å². The Kier molecular flexibility index (Phi) is 2.61. The van der Waals surface area contributed by atoms with E-state index < -0.39 is 0 Å². The Labute approximate surface area is 88.3 Å². The highest BCUT2D eigenvalue weighted by Gasteiger charge is 2.42. The van der Waals surface area contributed by atoms with Gasteiger partial charge < -0.3 is 9.80 Å². The van der Waals surface area contributed by atoms with Crippen molar-refractivity contribution in [3.63, 3.8) is 0 Å². The minimum absolute atomic E-state index is 0.506. The third-order valence-corrected chi connectivity index (χ3v) is 4.19. The number of nitrogens with zero attached hydrogens (tertiary/aromatic N) is 2. The molecular weight excluding hydrogens is 172 g/mol. The van der Waals surface area contributed by atoms with Crippen LogP contribution in [0.25, 0.3) is 0 Å². The first-order chi connectivity index (χ1) is 6.49. The van der Waals surface area contributed by atoms with Gasteiger partial charge >= 0.3 is 0 Å². The molecule has 2 nitrogen and oxygen atoms in total. The Balaban J connectivity index is 2.13. The predicted molar refractivity (Wildman–Crippen MR) is 60.4 cm³/mol. The first kappa shape index (κ1) is 10.4. The summed E-state index contributed by atoms with van der Waals surface area (Å²) in [5, 5.41) is 0. The number of likely N-dealkylation sites (tertiary alicyclic amines) is 2. The molecule has 0 bridgehead atoms. The highest BCUT2D eigenvalue weighted by Crippen LogP contribution is 2.41. The molecule has 0 N–H and O–H groups in total. The van der Waals surface area contributed by atoms with Gasteiger partial charge in [0.15, 0.2) is 0 Å². The van der Waals surface area contributed by atoms with E-state index in [-0.39, 0.29) is 0 Å². The Morgan fingerprint density at radius 1 is 1.07 bits per heavy atom. The quantitative estimate of drug-likeness (QED) is 0.580. The zero-order chi connectivity index (χ0) is 10.3. The third kappa shape index (κ3) is 1.82. The Bertz CT molecular complexity index is 212. The first-order valence-electron chi connectivity index (χ1n) is 5.86. The summed E-state index contributed by atoms with van der Waals surface area (Å²) < 4.78 is 0. The molecule has 2 fully saturated rings. The molecule has 0 radical (unpaired) electrons. The van der Waals surface area contributed by atoms with Crippen molar-refractivity contribution in [2.45, 2.75) is 20.3 Å². The number of rotatable bonds is 0. The van der Waals surface area contributed by atoms with Crippen molar-refractivity contribution >= 4 is 0 Å². The van der Waals surface area contributed by atoms with Gasteiger partial charge in [0.25, 0.3) is 0 Å². The SMILES string of the molecule is CN1CCC2CN(C)CC(C)(C)C2C1. The van der Waals surface area contributed by atoms with Gasteiger partial charge in [-0.1, -0.05) is 13.8 Å². The standard InChI is InChI=1S/C12H24N2/c1-12(2)9-14(4)7-10-5-6-13(3)8-11(10)12/h10-11H,5-9H2,1-4H3. The highest BCUT2D eigenvalue weighted by molar-refractivity contribution is 4.94. The van der Waals surface area contributed by atoms with Crippen LogP contribution in [0.4, 0.5) is 0 Å². The molecule has 2 heteroatoms. The van der Waals surface area contributed by atoms with Crippen LogP contribution >= 0.6 is 0 Å². The molecular formula is C12H24N2. The van der Waals surface area contributed by atoms with E-state index in [4.69, 9.17) is 0 Å². The molecule has 0 aliphatic carbocycles. The maximum Gasteiger partial charge on any atom is 0.00330 e. The van der Waals surface area contributed by atoms with Gasteiger partial charge in [-0.3, -0.25) is 0 Å². The summed E-state index contributed by atoms with van der Waals surface area (Å²) in [6.07, 6.45) is 1.40. The van der Waals surface area contributed by atoms with E-state index >= 15 is 0 Å². The van der Waals surface area contributed by atoms with Crippen LogP contribution in [-0.2, 0) is 0 Å². The van der Waals surface area contributed by atoms with Crippen LogP contribution in [0.5, 0.6) is 0 Å². The molecule has 14 heavy (non-hydrogen) atoms. The summed E-state index contributed by atoms with van der Waals surface area (Å²) in [6, 6.07) is 0. The van der Waals surface area contributed by atoms with Crippen LogP contribution < -0.4 is 0 Å². The van der Waals surface area contributed by atoms with E-state index in [1.165, 1.54) is 32.6 Å². The van der Waals surface area contributed by atoms with Gasteiger partial charge in [-0.15, -0.1) is 0 Å². The smallest absolute Gasteiger partial charge is 0.00330 e. The van der Waals surface area contributed by atoms with Crippen LogP contribution in [-0.4, -0.2) is 50.1 Å². The molecule has 2 aliphatic heterocycles. The van der Waals surface area contributed by atoms with Gasteiger partial charge in [-0.25, -0.2) is 0 Å². The second-order valence-electron chi connectivity index (χ2n) is 6.10. The van der Waals surface area contributed by atoms with Crippen molar-refractivity contribution in [1.82, 2.24) is 9.80 Å². The van der Waals surface area contributed by atoms with Crippen molar-refractivity contribution in [2.75, 3.05) is 40.3 Å². The average molecular weight is 196 g/mol. The second kappa shape index (κ2) is 3.49. The van der Waals surface area contributed by atoms with Gasteiger partial charge in [0.05, 0.1) is 0 Å². The lowest BCUT2D eigenvalue weighted by Crippen LogP contribution is -2.55. The number of hydrogen-bond donors (Lipinski definition) is 0. The summed E-state index contributed by atoms with van der Waals surface area (Å²) in [4.78, 5) is 5.03. The maximum absolute atomic E-state index is 2.52. The molecule has 2 atom stereocenters. The van der Waals surface area contributed by atoms with Crippen LogP contribution in [0.2, 0.25) is 0 Å². The van der Waals surface area contributed by atoms with Gasteiger partial charge in [0, 0.05) is 19.6 Å². The van der Waals surface area contributed by atoms with Crippen molar-refractivity contribution in [3.05, 3.63) is 0 Å². The largest absolute Gasteiger partial charge is 0.306 e. The van der Waals surface area contributed by atoms with Gasteiger partial charge in [-0.2, -0.15) is 0 Å². The summed E-state index contributed by atoms with van der Waals surface area (Å²) in [7, 11) is 4.54. The summed E-state index contributed by atoms with van der Waals surface area (Å²) in [6.45, 7) is 10.1. The van der Waals surface area contributed by atoms with Gasteiger partial charge in [0.2, 0.25) is 0 Å². The average Bonchev–Trinajstić information content (AvgIpc) is 2.05. The van der Waals surface area contributed by atoms with Crippen molar-refractivity contribution < 1.29 is 0 Å². The van der Waals surface area contributed by atoms with E-state index in [1.807, 2.05) is 0 Å². The normalized spacial score (nSPS) is 39.4. The molecule has 82 valence electrons. The summed E-state index contributed by atoms with van der Waals surface area (Å²) >= 11 is 0. The fraction of sp³-hybridized carbons (Fsp3) is 1.00. The Hall–Kier alpha value is -0.0800. The predicted octanol–water partition coefficient (Wildman–Crippen LogP) is 1.53. The molecule has 2 heterocycles. The molecule has 0 aromatic heterocycles. The fourth-order valence-electron chi connectivity index (χ4n) is 3.55. The zero-order valence-corrected chi connectivity index (χ0v) is 10.1. The molecule has 2 unspecified atom stereocenters. The molecule has 2 aliphatic rings. The molecule has 2 rings (SSSR count). The van der Waals surface area contributed by atoms with Crippen LogP contribution in [0, 0.1) is 17.3 Å². The van der Waals surface area contributed by atoms with Gasteiger partial charge in [-0.05, 0) is 44.3 Å². The Morgan fingerprint density at radius 2 is 1.79 bits per heavy atom. The topological polar surface area (TPSA) is 6.48 Å². The van der Waals surface area contributed by atoms with E-state index in [2.05, 4.69) is 37.7 Å². The number of hydrogen-bond acceptors (Lipinski definition) is 2. The molecule has 0 spiro atoms. The van der Waals surface area contributed by atoms with Crippen LogP contribution in [0.3, 0.4) is 0 Å². The lowest BCUT2D eigenvalue weighted by atomic mass is 9.66. The van der Waals surface area contributed by atoms with E-state index in [1.54, 1.807) is 0 Å². The minimum atomic E-state index is 0.506.